The van der Waals surface area contributed by atoms with E-state index in [1.54, 1.807) is 13.8 Å². The van der Waals surface area contributed by atoms with Crippen LogP contribution >= 0.6 is 6.49 Å². The highest BCUT2D eigenvalue weighted by Crippen LogP contribution is 2.55. The van der Waals surface area contributed by atoms with E-state index in [1.807, 2.05) is 6.92 Å². The van der Waals surface area contributed by atoms with Crippen molar-refractivity contribution in [2.24, 2.45) is 5.92 Å². The Balaban J connectivity index is 2.07. The van der Waals surface area contributed by atoms with E-state index >= 15 is 0 Å². The van der Waals surface area contributed by atoms with Crippen molar-refractivity contribution in [2.45, 2.75) is 50.0 Å². The van der Waals surface area contributed by atoms with Gasteiger partial charge in [0.15, 0.2) is 6.49 Å². The second kappa shape index (κ2) is 5.15. The Morgan fingerprint density at radius 2 is 2.17 bits per heavy atom. The lowest BCUT2D eigenvalue weighted by Gasteiger charge is -2.33. The van der Waals surface area contributed by atoms with Crippen molar-refractivity contribution < 1.29 is 18.9 Å². The number of ether oxygens (including phenoxy) is 2. The quantitative estimate of drug-likeness (QED) is 0.629. The van der Waals surface area contributed by atoms with Gasteiger partial charge in [-0.05, 0) is 43.9 Å². The van der Waals surface area contributed by atoms with E-state index in [0.717, 1.165) is 12.8 Å². The van der Waals surface area contributed by atoms with Crippen LogP contribution in [0.15, 0.2) is 0 Å². The smallest absolute Gasteiger partial charge is 0.183 e. The third kappa shape index (κ3) is 3.17. The molecule has 4 nitrogen and oxygen atoms in total. The maximum Gasteiger partial charge on any atom is 0.183 e. The van der Waals surface area contributed by atoms with Crippen LogP contribution in [0.2, 0.25) is 0 Å². The molecule has 0 spiro atoms. The molecule has 0 aromatic rings. The summed E-state index contributed by atoms with van der Waals surface area (Å²) in [7, 11) is 7.64. The first-order valence-corrected chi connectivity index (χ1v) is 9.33. The molecule has 1 saturated carbocycles. The summed E-state index contributed by atoms with van der Waals surface area (Å²) in [6.07, 6.45) is 2.18. The summed E-state index contributed by atoms with van der Waals surface area (Å²) in [6.45, 7) is 0.896. The summed E-state index contributed by atoms with van der Waals surface area (Å²) in [5.74, 6) is 0.400. The van der Waals surface area contributed by atoms with Crippen LogP contribution in [0.4, 0.5) is 0 Å². The zero-order valence-electron chi connectivity index (χ0n) is 11.0. The van der Waals surface area contributed by atoms with E-state index in [9.17, 15) is 4.89 Å². The van der Waals surface area contributed by atoms with Crippen molar-refractivity contribution in [2.75, 3.05) is 13.8 Å². The van der Waals surface area contributed by atoms with Gasteiger partial charge in [-0.1, -0.05) is 0 Å². The van der Waals surface area contributed by atoms with Crippen molar-refractivity contribution in [3.05, 3.63) is 0 Å². The third-order valence-corrected chi connectivity index (χ3v) is 4.88. The largest absolute Gasteiger partial charge is 0.382 e. The molecule has 18 heavy (non-hydrogen) atoms. The maximum atomic E-state index is 9.68. The van der Waals surface area contributed by atoms with Crippen molar-refractivity contribution in [3.8, 4) is 0 Å². The summed E-state index contributed by atoms with van der Waals surface area (Å²) in [5, 5.41) is 0. The maximum absolute atomic E-state index is 9.68. The highest BCUT2D eigenvalue weighted by atomic mass is 32.5. The van der Waals surface area contributed by atoms with Gasteiger partial charge < -0.3 is 18.9 Å². The number of hydrogen-bond acceptors (Lipinski definition) is 4. The average Bonchev–Trinajstić information content (AvgIpc) is 2.87. The van der Waals surface area contributed by atoms with Gasteiger partial charge in [0.05, 0.1) is 17.8 Å². The van der Waals surface area contributed by atoms with Crippen LogP contribution in [-0.2, 0) is 25.8 Å². The van der Waals surface area contributed by atoms with E-state index in [0.29, 0.717) is 12.3 Å². The minimum absolute atomic E-state index is 0.0118. The molecule has 2 fully saturated rings. The van der Waals surface area contributed by atoms with Gasteiger partial charge in [0, 0.05) is 19.8 Å². The molecule has 0 aromatic heterocycles. The standard InChI is InChI=1S/C11H20BO4PS/c1-7-11(14-2)6-8(11)4-9(5-10(12)15-7)16-17(3,13)18/h7-10H,4-6H2,1-3H3,(H,13,18)/t7?,8?,9?,10-,11+,17?/m1/s1. The lowest BCUT2D eigenvalue weighted by Crippen LogP contribution is -2.40. The molecule has 1 aliphatic heterocycles. The predicted molar refractivity (Wildman–Crippen MR) is 74.5 cm³/mol. The molecule has 1 saturated heterocycles. The Kier molecular flexibility index (Phi) is 4.28. The Morgan fingerprint density at radius 1 is 1.50 bits per heavy atom. The first-order valence-electron chi connectivity index (χ1n) is 6.21. The summed E-state index contributed by atoms with van der Waals surface area (Å²) < 4.78 is 16.9. The lowest BCUT2D eigenvalue weighted by atomic mass is 9.89. The van der Waals surface area contributed by atoms with Crippen molar-refractivity contribution in [1.82, 2.24) is 0 Å². The monoisotopic (exact) mass is 290 g/mol. The summed E-state index contributed by atoms with van der Waals surface area (Å²) in [4.78, 5) is 9.68. The molecule has 2 rings (SSSR count). The first-order chi connectivity index (χ1) is 8.27. The van der Waals surface area contributed by atoms with E-state index < -0.39 is 12.5 Å². The fraction of sp³-hybridized carbons (Fsp3) is 1.00. The van der Waals surface area contributed by atoms with Crippen LogP contribution in [0.5, 0.6) is 0 Å². The molecule has 102 valence electrons. The van der Waals surface area contributed by atoms with Crippen molar-refractivity contribution in [1.29, 1.82) is 0 Å². The molecule has 0 aromatic carbocycles. The van der Waals surface area contributed by atoms with Gasteiger partial charge in [0.1, 0.15) is 7.85 Å². The first kappa shape index (κ1) is 15.0. The van der Waals surface area contributed by atoms with Crippen LogP contribution in [0, 0.1) is 5.92 Å². The average molecular weight is 290 g/mol. The van der Waals surface area contributed by atoms with E-state index in [1.165, 1.54) is 0 Å². The highest BCUT2D eigenvalue weighted by molar-refractivity contribution is 8.09. The molecular formula is C11H20BO4PS. The molecule has 1 aliphatic carbocycles. The minimum Gasteiger partial charge on any atom is -0.382 e. The Hall–Kier alpha value is 0.555. The fourth-order valence-electron chi connectivity index (χ4n) is 2.99. The van der Waals surface area contributed by atoms with Crippen LogP contribution in [0.3, 0.4) is 0 Å². The number of methoxy groups -OCH3 is 1. The molecule has 0 amide bonds. The van der Waals surface area contributed by atoms with E-state index in [4.69, 9.17) is 33.7 Å². The fourth-order valence-corrected chi connectivity index (χ4v) is 4.08. The Labute approximate surface area is 115 Å². The molecular weight excluding hydrogens is 270 g/mol. The van der Waals surface area contributed by atoms with Gasteiger partial charge in [-0.3, -0.25) is 0 Å². The van der Waals surface area contributed by atoms with Crippen LogP contribution in [0.1, 0.15) is 26.2 Å². The van der Waals surface area contributed by atoms with E-state index in [-0.39, 0.29) is 17.8 Å². The van der Waals surface area contributed by atoms with Crippen molar-refractivity contribution in [3.63, 3.8) is 0 Å². The number of fused-ring (bicyclic) bond motifs is 1. The Morgan fingerprint density at radius 3 is 2.72 bits per heavy atom. The molecule has 7 heteroatoms. The predicted octanol–water partition coefficient (Wildman–Crippen LogP) is 1.40. The number of rotatable bonds is 3. The normalized spacial score (nSPS) is 47.6. The van der Waals surface area contributed by atoms with Gasteiger partial charge in [-0.15, -0.1) is 0 Å². The molecule has 2 radical (unpaired) electrons. The van der Waals surface area contributed by atoms with Gasteiger partial charge >= 0.3 is 0 Å². The summed E-state index contributed by atoms with van der Waals surface area (Å²) in [5.41, 5.74) is -0.231. The number of hydrogen-bond donors (Lipinski definition) is 1. The van der Waals surface area contributed by atoms with Gasteiger partial charge in [-0.2, -0.15) is 0 Å². The second-order valence-corrected chi connectivity index (χ2v) is 9.23. The summed E-state index contributed by atoms with van der Waals surface area (Å²) in [6, 6.07) is -0.403. The molecule has 6 atom stereocenters. The van der Waals surface area contributed by atoms with Gasteiger partial charge in [0.2, 0.25) is 0 Å². The molecule has 1 heterocycles. The summed E-state index contributed by atoms with van der Waals surface area (Å²) >= 11 is 4.95. The van der Waals surface area contributed by atoms with Crippen LogP contribution in [0.25, 0.3) is 0 Å². The molecule has 2 aliphatic rings. The van der Waals surface area contributed by atoms with Crippen molar-refractivity contribution >= 4 is 26.1 Å². The second-order valence-electron chi connectivity index (χ2n) is 5.38. The molecule has 4 unspecified atom stereocenters. The van der Waals surface area contributed by atoms with E-state index in [2.05, 4.69) is 0 Å². The van der Waals surface area contributed by atoms with Crippen LogP contribution in [-0.4, -0.2) is 50.3 Å². The Bertz CT molecular complexity index is 363. The lowest BCUT2D eigenvalue weighted by molar-refractivity contribution is -0.100. The van der Waals surface area contributed by atoms with Crippen LogP contribution < -0.4 is 0 Å². The minimum atomic E-state index is -2.67. The topological polar surface area (TPSA) is 47.9 Å². The highest BCUT2D eigenvalue weighted by Gasteiger charge is 2.60. The van der Waals surface area contributed by atoms with Gasteiger partial charge in [-0.25, -0.2) is 0 Å². The third-order valence-electron chi connectivity index (χ3n) is 3.93. The SMILES string of the molecule is [B][C@H]1CC(OP(C)(O)=S)CC2C[C@]2(OC)C(C)O1. The molecule has 1 N–H and O–H groups in total. The zero-order valence-corrected chi connectivity index (χ0v) is 12.7. The van der Waals surface area contributed by atoms with Gasteiger partial charge in [0.25, 0.3) is 0 Å². The zero-order chi connectivity index (χ0) is 13.6. The molecule has 0 bridgehead atoms.